The summed E-state index contributed by atoms with van der Waals surface area (Å²) in [4.78, 5) is 0. The molecule has 0 saturated heterocycles. The van der Waals surface area contributed by atoms with Crippen LogP contribution in [0.4, 0.5) is 13.2 Å². The van der Waals surface area contributed by atoms with E-state index in [2.05, 4.69) is 44.6 Å². The molecule has 0 unspecified atom stereocenters. The molecule has 3 heterocycles. The van der Waals surface area contributed by atoms with Crippen LogP contribution in [-0.4, -0.2) is 89.2 Å². The van der Waals surface area contributed by atoms with Gasteiger partial charge in [0.1, 0.15) is 24.7 Å². The number of rotatable bonds is 15. The molecule has 60 heavy (non-hydrogen) atoms. The molecule has 12 heteroatoms. The second kappa shape index (κ2) is 19.8. The van der Waals surface area contributed by atoms with E-state index in [1.165, 1.54) is 12.1 Å². The minimum atomic E-state index is -4.50. The molecule has 6 rings (SSSR count). The van der Waals surface area contributed by atoms with Crippen LogP contribution in [0.1, 0.15) is 46.1 Å². The van der Waals surface area contributed by atoms with Crippen LogP contribution in [0.25, 0.3) is 23.8 Å². The molecule has 3 aromatic carbocycles. The van der Waals surface area contributed by atoms with Gasteiger partial charge in [-0.2, -0.15) is 24.8 Å². The second-order valence-electron chi connectivity index (χ2n) is 14.1. The van der Waals surface area contributed by atoms with Gasteiger partial charge in [-0.15, -0.1) is 11.8 Å². The Hall–Kier alpha value is -6.02. The zero-order valence-electron chi connectivity index (χ0n) is 34.7. The molecule has 8 nitrogen and oxygen atoms in total. The Kier molecular flexibility index (Phi) is 14.4. The molecule has 0 N–H and O–H groups in total. The van der Waals surface area contributed by atoms with E-state index in [1.807, 2.05) is 86.7 Å². The van der Waals surface area contributed by atoms with E-state index in [-0.39, 0.29) is 13.2 Å². The molecule has 0 amide bonds. The summed E-state index contributed by atoms with van der Waals surface area (Å²) in [6.45, 7) is 5.73. The maximum absolute atomic E-state index is 13.9. The van der Waals surface area contributed by atoms with Crippen molar-refractivity contribution in [2.75, 3.05) is 68.1 Å². The predicted octanol–water partition coefficient (Wildman–Crippen LogP) is 8.60. The van der Waals surface area contributed by atoms with Crippen LogP contribution in [0.15, 0.2) is 102 Å². The Labute approximate surface area is 350 Å². The third-order valence-electron chi connectivity index (χ3n) is 10.2. The lowest BCUT2D eigenvalue weighted by molar-refractivity contribution is -0.328. The van der Waals surface area contributed by atoms with E-state index in [4.69, 9.17) is 28.4 Å². The number of ether oxygens (including phenoxy) is 6. The summed E-state index contributed by atoms with van der Waals surface area (Å²) in [6.07, 6.45) is 3.17. The highest BCUT2D eigenvalue weighted by molar-refractivity contribution is 6.87. The highest BCUT2D eigenvalue weighted by Gasteiger charge is 2.51. The van der Waals surface area contributed by atoms with Crippen molar-refractivity contribution in [1.82, 2.24) is 4.48 Å². The highest BCUT2D eigenvalue weighted by Crippen LogP contribution is 2.44. The summed E-state index contributed by atoms with van der Waals surface area (Å²) in [5.41, 5.74) is 7.42. The van der Waals surface area contributed by atoms with Gasteiger partial charge in [-0.25, -0.2) is 0 Å². The average Bonchev–Trinajstić information content (AvgIpc) is 3.78. The molecule has 0 saturated carbocycles. The first-order valence-corrected chi connectivity index (χ1v) is 19.5. The Morgan fingerprint density at radius 1 is 0.683 bits per heavy atom. The molecular weight excluding hydrogens is 768 g/mol. The monoisotopic (exact) mass is 816 g/mol. The lowest BCUT2D eigenvalue weighted by Crippen LogP contribution is -2.57. The van der Waals surface area contributed by atoms with Gasteiger partial charge in [0.25, 0.3) is 0 Å². The molecule has 2 aliphatic heterocycles. The molecule has 4 aromatic rings. The van der Waals surface area contributed by atoms with Gasteiger partial charge in [-0.3, -0.25) is 0 Å². The molecule has 0 fully saturated rings. The number of hydrogen-bond donors (Lipinski definition) is 0. The summed E-state index contributed by atoms with van der Waals surface area (Å²) in [5, 5.41) is 0. The number of fused-ring (bicyclic) bond motifs is 2. The minimum Gasteiger partial charge on any atom is -0.497 e. The quantitative estimate of drug-likeness (QED) is 0.0681. The van der Waals surface area contributed by atoms with E-state index < -0.39 is 18.2 Å². The van der Waals surface area contributed by atoms with Crippen LogP contribution < -0.4 is 9.47 Å². The van der Waals surface area contributed by atoms with Crippen molar-refractivity contribution in [3.8, 4) is 35.0 Å². The standard InChI is InChI=1S/C48H48BF3N2O6/c1-35-33-41(19-9-37-11-21-43(57-5)22-12-37)53-46(35)45(39-15-17-40(18-16-39)48(50,51)52)47-36(2)34-42(20-10-38-13-23-44(58-6)24-14-38)54(47)49(53,25-7-27-59-31-29-55-3)26-8-28-60-32-30-56-4/h9-24,33-34H,27-32H2,1-6H3/b19-9+,20-10+. The number of allylic oxidation sites excluding steroid dienone is 3. The van der Waals surface area contributed by atoms with Gasteiger partial charge in [0, 0.05) is 43.3 Å². The number of methoxy groups -OCH3 is 4. The van der Waals surface area contributed by atoms with Crippen molar-refractivity contribution < 1.29 is 46.1 Å². The largest absolute Gasteiger partial charge is 0.520 e. The Morgan fingerprint density at radius 3 is 1.72 bits per heavy atom. The maximum Gasteiger partial charge on any atom is 0.520 e. The topological polar surface area (TPSA) is 63.3 Å². The first-order chi connectivity index (χ1) is 29.0. The van der Waals surface area contributed by atoms with E-state index >= 15 is 0 Å². The van der Waals surface area contributed by atoms with E-state index in [0.29, 0.717) is 32.0 Å². The summed E-state index contributed by atoms with van der Waals surface area (Å²) in [7, 11) is 6.46. The van der Waals surface area contributed by atoms with Crippen molar-refractivity contribution in [3.05, 3.63) is 141 Å². The Balaban J connectivity index is 1.68. The van der Waals surface area contributed by atoms with Gasteiger partial charge in [-0.1, -0.05) is 42.5 Å². The van der Waals surface area contributed by atoms with Gasteiger partial charge in [0.15, 0.2) is 11.4 Å². The summed E-state index contributed by atoms with van der Waals surface area (Å²) < 4.78 is 79.0. The Morgan fingerprint density at radius 2 is 1.22 bits per heavy atom. The average molecular weight is 817 g/mol. The summed E-state index contributed by atoms with van der Waals surface area (Å²) in [6, 6.07) is 22.8. The third kappa shape index (κ3) is 9.71. The highest BCUT2D eigenvalue weighted by atomic mass is 19.4. The molecule has 0 bridgehead atoms. The molecule has 0 spiro atoms. The van der Waals surface area contributed by atoms with Crippen molar-refractivity contribution >= 4 is 35.9 Å². The smallest absolute Gasteiger partial charge is 0.497 e. The van der Waals surface area contributed by atoms with Gasteiger partial charge in [-0.05, 0) is 90.7 Å². The third-order valence-corrected chi connectivity index (χ3v) is 10.2. The fraction of sp³-hybridized carbons (Fsp3) is 0.271. The molecular formula is C48H48BF3N2O6. The fourth-order valence-corrected chi connectivity index (χ4v) is 7.37. The predicted molar refractivity (Wildman–Crippen MR) is 232 cm³/mol. The van der Waals surface area contributed by atoms with Crippen LogP contribution in [0.3, 0.4) is 0 Å². The van der Waals surface area contributed by atoms with Crippen molar-refractivity contribution in [2.24, 2.45) is 0 Å². The molecule has 0 radical (unpaired) electrons. The lowest BCUT2D eigenvalue weighted by atomic mass is 9.45. The van der Waals surface area contributed by atoms with E-state index in [0.717, 1.165) is 74.3 Å². The van der Waals surface area contributed by atoms with Gasteiger partial charge in [0.2, 0.25) is 0 Å². The normalized spacial score (nSPS) is 14.4. The van der Waals surface area contributed by atoms with Gasteiger partial charge < -0.3 is 37.4 Å². The van der Waals surface area contributed by atoms with Crippen molar-refractivity contribution in [3.63, 3.8) is 0 Å². The zero-order valence-corrected chi connectivity index (χ0v) is 34.7. The van der Waals surface area contributed by atoms with E-state index in [1.54, 1.807) is 28.4 Å². The Bertz CT molecular complexity index is 2410. The van der Waals surface area contributed by atoms with Crippen molar-refractivity contribution in [1.29, 1.82) is 0 Å². The van der Waals surface area contributed by atoms with Crippen LogP contribution in [0.2, 0.25) is 0 Å². The SMILES string of the molecule is COCCOCC#C[B-]1(C#CCOCCOC)n2c(/C=C/c3ccc(OC)cc3)cc(C)c2C(c2ccc(C(F)(F)F)cc2)=C2C(C)=CC(/C=C/c3ccc(OC)cc3)=[N+]21. The van der Waals surface area contributed by atoms with Crippen LogP contribution in [0.5, 0.6) is 11.5 Å². The molecule has 1 aromatic heterocycles. The second-order valence-corrected chi connectivity index (χ2v) is 14.1. The molecule has 310 valence electrons. The molecule has 0 aliphatic carbocycles. The minimum absolute atomic E-state index is 0.105. The molecule has 2 aliphatic rings. The maximum atomic E-state index is 13.9. The van der Waals surface area contributed by atoms with E-state index in [9.17, 15) is 13.2 Å². The zero-order chi connectivity index (χ0) is 42.7. The van der Waals surface area contributed by atoms with Crippen LogP contribution in [-0.2, 0) is 25.1 Å². The number of hydrogen-bond acceptors (Lipinski definition) is 6. The number of benzene rings is 3. The fourth-order valence-electron chi connectivity index (χ4n) is 7.37. The number of alkyl halides is 3. The number of aryl methyl sites for hydroxylation is 1. The van der Waals surface area contributed by atoms with Gasteiger partial charge in [0.05, 0.1) is 51.8 Å². The number of halogens is 3. The first kappa shape index (κ1) is 43.6. The van der Waals surface area contributed by atoms with Crippen LogP contribution >= 0.6 is 0 Å². The van der Waals surface area contributed by atoms with Gasteiger partial charge >= 0.3 is 12.6 Å². The lowest BCUT2D eigenvalue weighted by Gasteiger charge is -2.39. The van der Waals surface area contributed by atoms with Crippen LogP contribution in [0, 0.1) is 30.4 Å². The number of nitrogens with zero attached hydrogens (tertiary/aromatic N) is 2. The van der Waals surface area contributed by atoms with Crippen molar-refractivity contribution in [2.45, 2.75) is 20.0 Å². The summed E-state index contributed by atoms with van der Waals surface area (Å²) >= 11 is 0. The molecule has 0 atom stereocenters. The number of aromatic nitrogens is 1. The first-order valence-electron chi connectivity index (χ1n) is 19.5. The summed E-state index contributed by atoms with van der Waals surface area (Å²) in [5.74, 6) is 15.3.